The Kier molecular flexibility index (Phi) is 8.42. The zero-order valence-corrected chi connectivity index (χ0v) is 18.6. The van der Waals surface area contributed by atoms with Crippen LogP contribution in [0.15, 0.2) is 48.5 Å². The first-order valence-electron chi connectivity index (χ1n) is 11.0. The minimum absolute atomic E-state index is 0.211. The Morgan fingerprint density at radius 2 is 1.03 bits per heavy atom. The Labute approximate surface area is 198 Å². The van der Waals surface area contributed by atoms with Gasteiger partial charge >= 0.3 is 12.4 Å². The van der Waals surface area contributed by atoms with Crippen LogP contribution in [0, 0.1) is 11.8 Å². The third-order valence-electron chi connectivity index (χ3n) is 5.88. The van der Waals surface area contributed by atoms with Gasteiger partial charge in [-0.1, -0.05) is 24.3 Å². The molecule has 0 aliphatic carbocycles. The number of rotatable bonds is 8. The lowest BCUT2D eigenvalue weighted by Gasteiger charge is -2.18. The van der Waals surface area contributed by atoms with E-state index in [0.717, 1.165) is 24.3 Å². The Hall–Kier alpha value is -3.08. The molecule has 1 aliphatic rings. The van der Waals surface area contributed by atoms with E-state index in [4.69, 9.17) is 0 Å². The van der Waals surface area contributed by atoms with Crippen LogP contribution in [-0.4, -0.2) is 38.0 Å². The molecule has 2 aromatic rings. The third-order valence-corrected chi connectivity index (χ3v) is 5.88. The van der Waals surface area contributed by atoms with Crippen molar-refractivity contribution >= 4 is 11.8 Å². The van der Waals surface area contributed by atoms with Crippen LogP contribution in [-0.2, 0) is 34.8 Å². The van der Waals surface area contributed by atoms with Crippen LogP contribution < -0.4 is 16.0 Å². The van der Waals surface area contributed by atoms with Crippen molar-refractivity contribution in [1.82, 2.24) is 16.0 Å². The Morgan fingerprint density at radius 3 is 1.34 bits per heavy atom. The number of alkyl halides is 6. The van der Waals surface area contributed by atoms with Crippen molar-refractivity contribution in [3.05, 3.63) is 70.8 Å². The highest BCUT2D eigenvalue weighted by Crippen LogP contribution is 2.30. The van der Waals surface area contributed by atoms with E-state index in [2.05, 4.69) is 16.0 Å². The smallest absolute Gasteiger partial charge is 0.355 e. The molecule has 0 bridgehead atoms. The zero-order chi connectivity index (χ0) is 25.6. The molecule has 1 aliphatic heterocycles. The minimum Gasteiger partial charge on any atom is -0.355 e. The zero-order valence-electron chi connectivity index (χ0n) is 18.6. The highest BCUT2D eigenvalue weighted by Gasteiger charge is 2.37. The minimum atomic E-state index is -4.41. The van der Waals surface area contributed by atoms with Gasteiger partial charge < -0.3 is 16.0 Å². The number of halogens is 6. The summed E-state index contributed by atoms with van der Waals surface area (Å²) < 4.78 is 75.8. The number of hydrogen-bond acceptors (Lipinski definition) is 3. The predicted molar refractivity (Wildman–Crippen MR) is 116 cm³/mol. The fraction of sp³-hybridized carbons (Fsp3) is 0.417. The first-order chi connectivity index (χ1) is 16.4. The predicted octanol–water partition coefficient (Wildman–Crippen LogP) is 3.58. The maximum atomic E-state index is 12.6. The Balaban J connectivity index is 1.43. The van der Waals surface area contributed by atoms with Crippen LogP contribution in [0.1, 0.15) is 22.3 Å². The summed E-state index contributed by atoms with van der Waals surface area (Å²) in [6, 6.07) is 9.40. The van der Waals surface area contributed by atoms with Gasteiger partial charge in [0.2, 0.25) is 11.8 Å². The van der Waals surface area contributed by atoms with Crippen LogP contribution >= 0.6 is 0 Å². The molecule has 1 saturated heterocycles. The summed E-state index contributed by atoms with van der Waals surface area (Å²) in [4.78, 5) is 25.1. The summed E-state index contributed by atoms with van der Waals surface area (Å²) in [6.45, 7) is 1.04. The van der Waals surface area contributed by atoms with E-state index in [1.165, 1.54) is 24.3 Å². The molecule has 2 atom stereocenters. The van der Waals surface area contributed by atoms with Crippen molar-refractivity contribution in [2.24, 2.45) is 11.8 Å². The van der Waals surface area contributed by atoms with Gasteiger partial charge in [-0.05, 0) is 48.2 Å². The molecule has 3 rings (SSSR count). The molecule has 35 heavy (non-hydrogen) atoms. The number of nitrogens with one attached hydrogen (secondary N) is 3. The van der Waals surface area contributed by atoms with Gasteiger partial charge in [-0.2, -0.15) is 26.3 Å². The molecule has 2 aromatic carbocycles. The van der Waals surface area contributed by atoms with Gasteiger partial charge in [0.25, 0.3) is 0 Å². The molecule has 0 aromatic heterocycles. The topological polar surface area (TPSA) is 70.2 Å². The summed E-state index contributed by atoms with van der Waals surface area (Å²) in [5.74, 6) is -1.86. The number of carbonyl (C=O) groups excluding carboxylic acids is 2. The van der Waals surface area contributed by atoms with Gasteiger partial charge in [-0.15, -0.1) is 0 Å². The molecule has 0 spiro atoms. The van der Waals surface area contributed by atoms with E-state index in [9.17, 15) is 35.9 Å². The normalized spacial score (nSPS) is 18.3. The van der Waals surface area contributed by atoms with Crippen LogP contribution in [0.4, 0.5) is 26.3 Å². The largest absolute Gasteiger partial charge is 0.416 e. The van der Waals surface area contributed by atoms with Gasteiger partial charge in [0.15, 0.2) is 0 Å². The number of amides is 2. The first-order valence-corrected chi connectivity index (χ1v) is 11.0. The van der Waals surface area contributed by atoms with Crippen molar-refractivity contribution in [3.63, 3.8) is 0 Å². The van der Waals surface area contributed by atoms with Crippen LogP contribution in [0.5, 0.6) is 0 Å². The van der Waals surface area contributed by atoms with E-state index in [-0.39, 0.29) is 24.9 Å². The van der Waals surface area contributed by atoms with Gasteiger partial charge in [0.1, 0.15) is 0 Å². The summed E-state index contributed by atoms with van der Waals surface area (Å²) in [6.07, 6.45) is -8.13. The van der Waals surface area contributed by atoms with Crippen molar-refractivity contribution in [1.29, 1.82) is 0 Å². The quantitative estimate of drug-likeness (QED) is 0.485. The van der Waals surface area contributed by atoms with Crippen molar-refractivity contribution in [2.45, 2.75) is 25.2 Å². The molecule has 1 fully saturated rings. The second kappa shape index (κ2) is 11.1. The third kappa shape index (κ3) is 7.45. The molecule has 11 heteroatoms. The van der Waals surface area contributed by atoms with Crippen molar-refractivity contribution < 1.29 is 35.9 Å². The molecule has 3 N–H and O–H groups in total. The van der Waals surface area contributed by atoms with Crippen molar-refractivity contribution in [2.75, 3.05) is 26.2 Å². The molecule has 190 valence electrons. The van der Waals surface area contributed by atoms with E-state index in [1.807, 2.05) is 0 Å². The molecule has 5 nitrogen and oxygen atoms in total. The number of hydrogen-bond donors (Lipinski definition) is 3. The monoisotopic (exact) mass is 501 g/mol. The molecule has 1 heterocycles. The summed E-state index contributed by atoms with van der Waals surface area (Å²) in [5, 5.41) is 8.46. The van der Waals surface area contributed by atoms with E-state index < -0.39 is 35.3 Å². The summed E-state index contributed by atoms with van der Waals surface area (Å²) in [7, 11) is 0. The second-order valence-corrected chi connectivity index (χ2v) is 8.34. The van der Waals surface area contributed by atoms with Gasteiger partial charge in [0, 0.05) is 26.2 Å². The molecule has 2 amide bonds. The number of benzene rings is 2. The van der Waals surface area contributed by atoms with E-state index >= 15 is 0 Å². The lowest BCUT2D eigenvalue weighted by molar-refractivity contribution is -0.138. The SMILES string of the molecule is O=C(NCCc1ccc(C(F)(F)F)cc1)[C@@H]1CNC[C@H]1C(=O)NCCc1ccc(C(F)(F)F)cc1. The molecular formula is C24H25F6N3O2. The molecular weight excluding hydrogens is 476 g/mol. The first kappa shape index (κ1) is 26.5. The standard InChI is InChI=1S/C24H25F6N3O2/c25-23(26,27)17-5-1-15(2-6-17)9-11-32-21(34)19-13-31-14-20(19)22(35)33-12-10-16-3-7-18(8-4-16)24(28,29)30/h1-8,19-20,31H,9-14H2,(H,32,34)(H,33,35)/t19-,20-/m1/s1. The molecule has 0 saturated carbocycles. The number of carbonyl (C=O) groups is 2. The highest BCUT2D eigenvalue weighted by atomic mass is 19.4. The maximum Gasteiger partial charge on any atom is 0.416 e. The van der Waals surface area contributed by atoms with Gasteiger partial charge in [-0.3, -0.25) is 9.59 Å². The van der Waals surface area contributed by atoms with E-state index in [1.54, 1.807) is 0 Å². The molecule has 0 radical (unpaired) electrons. The van der Waals surface area contributed by atoms with E-state index in [0.29, 0.717) is 37.1 Å². The van der Waals surface area contributed by atoms with Crippen LogP contribution in [0.2, 0.25) is 0 Å². The average Bonchev–Trinajstić information content (AvgIpc) is 3.29. The lowest BCUT2D eigenvalue weighted by Crippen LogP contribution is -2.42. The Bertz CT molecular complexity index is 922. The maximum absolute atomic E-state index is 12.6. The summed E-state index contributed by atoms with van der Waals surface area (Å²) >= 11 is 0. The highest BCUT2D eigenvalue weighted by molar-refractivity contribution is 5.88. The van der Waals surface area contributed by atoms with Crippen LogP contribution in [0.3, 0.4) is 0 Å². The second-order valence-electron chi connectivity index (χ2n) is 8.34. The average molecular weight is 501 g/mol. The van der Waals surface area contributed by atoms with Crippen LogP contribution in [0.25, 0.3) is 0 Å². The van der Waals surface area contributed by atoms with Gasteiger partial charge in [0.05, 0.1) is 23.0 Å². The fourth-order valence-corrected chi connectivity index (χ4v) is 3.87. The Morgan fingerprint density at radius 1 is 0.686 bits per heavy atom. The fourth-order valence-electron chi connectivity index (χ4n) is 3.87. The van der Waals surface area contributed by atoms with Crippen molar-refractivity contribution in [3.8, 4) is 0 Å². The van der Waals surface area contributed by atoms with Gasteiger partial charge in [-0.25, -0.2) is 0 Å². The molecule has 0 unspecified atom stereocenters. The lowest BCUT2D eigenvalue weighted by atomic mass is 9.94. The summed E-state index contributed by atoms with van der Waals surface area (Å²) in [5.41, 5.74) is -0.204.